The number of aliphatic carboxylic acids is 3. The fourth-order valence-corrected chi connectivity index (χ4v) is 3.89. The summed E-state index contributed by atoms with van der Waals surface area (Å²) in [6, 6.07) is 3.36. The molecule has 13 heteroatoms. The number of hydrogen-bond acceptors (Lipinski definition) is 7. The van der Waals surface area contributed by atoms with Crippen LogP contribution in [-0.2, 0) is 35.2 Å². The summed E-state index contributed by atoms with van der Waals surface area (Å²) >= 11 is 0. The second-order valence-electron chi connectivity index (χ2n) is 8.48. The molecule has 2 rings (SSSR count). The molecule has 0 saturated carbocycles. The van der Waals surface area contributed by atoms with Crippen LogP contribution in [-0.4, -0.2) is 86.6 Å². The predicted molar refractivity (Wildman–Crippen MR) is 123 cm³/mol. The average Bonchev–Trinajstić information content (AvgIpc) is 3.31. The van der Waals surface area contributed by atoms with Gasteiger partial charge in [0.05, 0.1) is 12.5 Å². The number of nitrogens with two attached hydrogens (primary N) is 1. The minimum Gasteiger partial charge on any atom is -0.481 e. The maximum Gasteiger partial charge on any atom is 0.326 e. The quantitative estimate of drug-likeness (QED) is 0.190. The SMILES string of the molecule is NC(CCC(=O)O)C(=O)N1CCCC1C(=O)NC(CC(=O)O)C(=O)NC(Cc1ccccc1)C(=O)O. The lowest BCUT2D eigenvalue weighted by Gasteiger charge is -2.28. The zero-order valence-electron chi connectivity index (χ0n) is 19.5. The molecule has 13 nitrogen and oxygen atoms in total. The van der Waals surface area contributed by atoms with E-state index in [1.165, 1.54) is 4.90 Å². The number of carbonyl (C=O) groups excluding carboxylic acids is 3. The van der Waals surface area contributed by atoms with E-state index in [-0.39, 0.29) is 32.2 Å². The average molecular weight is 507 g/mol. The molecular weight excluding hydrogens is 476 g/mol. The molecule has 1 heterocycles. The number of carboxylic acid groups (broad SMARTS) is 3. The molecule has 1 aliphatic heterocycles. The molecule has 36 heavy (non-hydrogen) atoms. The number of carbonyl (C=O) groups is 6. The first-order valence-corrected chi connectivity index (χ1v) is 11.4. The lowest BCUT2D eigenvalue weighted by molar-refractivity contribution is -0.145. The van der Waals surface area contributed by atoms with Crippen LogP contribution in [0.2, 0.25) is 0 Å². The minimum atomic E-state index is -1.59. The summed E-state index contributed by atoms with van der Waals surface area (Å²) in [6.45, 7) is 0.186. The van der Waals surface area contributed by atoms with Gasteiger partial charge in [-0.1, -0.05) is 30.3 Å². The lowest BCUT2D eigenvalue weighted by Crippen LogP contribution is -2.57. The number of hydrogen-bond donors (Lipinski definition) is 6. The Bertz CT molecular complexity index is 985. The van der Waals surface area contributed by atoms with Crippen LogP contribution >= 0.6 is 0 Å². The van der Waals surface area contributed by atoms with E-state index in [0.29, 0.717) is 12.0 Å². The highest BCUT2D eigenvalue weighted by Crippen LogP contribution is 2.19. The van der Waals surface area contributed by atoms with E-state index in [1.807, 2.05) is 0 Å². The molecule has 4 unspecified atom stereocenters. The first-order valence-electron chi connectivity index (χ1n) is 11.4. The topological polar surface area (TPSA) is 216 Å². The van der Waals surface area contributed by atoms with E-state index in [1.54, 1.807) is 30.3 Å². The Morgan fingerprint density at radius 3 is 2.22 bits per heavy atom. The van der Waals surface area contributed by atoms with Crippen molar-refractivity contribution in [2.75, 3.05) is 6.54 Å². The van der Waals surface area contributed by atoms with Gasteiger partial charge in [0.25, 0.3) is 0 Å². The lowest BCUT2D eigenvalue weighted by atomic mass is 10.0. The Balaban J connectivity index is 2.09. The molecule has 1 aliphatic rings. The molecule has 7 N–H and O–H groups in total. The normalized spacial score (nSPS) is 17.5. The Morgan fingerprint density at radius 1 is 0.972 bits per heavy atom. The second-order valence-corrected chi connectivity index (χ2v) is 8.48. The number of benzene rings is 1. The summed E-state index contributed by atoms with van der Waals surface area (Å²) in [6.07, 6.45) is -0.643. The Hall–Kier alpha value is -4.00. The maximum atomic E-state index is 12.9. The van der Waals surface area contributed by atoms with Crippen molar-refractivity contribution in [1.82, 2.24) is 15.5 Å². The number of nitrogens with one attached hydrogen (secondary N) is 2. The van der Waals surface area contributed by atoms with Gasteiger partial charge in [0.15, 0.2) is 0 Å². The summed E-state index contributed by atoms with van der Waals surface area (Å²) in [5, 5.41) is 32.1. The van der Waals surface area contributed by atoms with E-state index in [9.17, 15) is 39.0 Å². The van der Waals surface area contributed by atoms with Gasteiger partial charge in [-0.05, 0) is 24.8 Å². The van der Waals surface area contributed by atoms with Crippen LogP contribution in [0.25, 0.3) is 0 Å². The Morgan fingerprint density at radius 2 is 1.64 bits per heavy atom. The van der Waals surface area contributed by atoms with Crippen molar-refractivity contribution in [2.24, 2.45) is 5.73 Å². The van der Waals surface area contributed by atoms with E-state index in [0.717, 1.165) is 0 Å². The van der Waals surface area contributed by atoms with Gasteiger partial charge in [-0.2, -0.15) is 0 Å². The van der Waals surface area contributed by atoms with Gasteiger partial charge in [-0.15, -0.1) is 0 Å². The minimum absolute atomic E-state index is 0.0607. The van der Waals surface area contributed by atoms with Gasteiger partial charge < -0.3 is 36.6 Å². The number of amides is 3. The molecule has 1 fully saturated rings. The van der Waals surface area contributed by atoms with Gasteiger partial charge in [-0.25, -0.2) is 4.79 Å². The summed E-state index contributed by atoms with van der Waals surface area (Å²) in [5.74, 6) is -6.27. The van der Waals surface area contributed by atoms with Gasteiger partial charge in [0.2, 0.25) is 17.7 Å². The summed E-state index contributed by atoms with van der Waals surface area (Å²) in [5.41, 5.74) is 6.41. The predicted octanol–water partition coefficient (Wildman–Crippen LogP) is -1.06. The van der Waals surface area contributed by atoms with E-state index < -0.39 is 66.2 Å². The molecule has 0 bridgehead atoms. The van der Waals surface area contributed by atoms with Crippen molar-refractivity contribution in [1.29, 1.82) is 0 Å². The van der Waals surface area contributed by atoms with Crippen LogP contribution in [0.4, 0.5) is 0 Å². The van der Waals surface area contributed by atoms with Gasteiger partial charge >= 0.3 is 17.9 Å². The van der Waals surface area contributed by atoms with Crippen molar-refractivity contribution < 1.29 is 44.1 Å². The molecule has 0 aromatic heterocycles. The third kappa shape index (κ3) is 8.34. The first kappa shape index (κ1) is 28.2. The van der Waals surface area contributed by atoms with Crippen LogP contribution in [0, 0.1) is 0 Å². The molecule has 0 radical (unpaired) electrons. The fraction of sp³-hybridized carbons (Fsp3) is 0.478. The Labute approximate surface area is 206 Å². The Kier molecular flexibility index (Phi) is 10.3. The van der Waals surface area contributed by atoms with Gasteiger partial charge in [-0.3, -0.25) is 24.0 Å². The van der Waals surface area contributed by atoms with Crippen molar-refractivity contribution in [3.63, 3.8) is 0 Å². The van der Waals surface area contributed by atoms with E-state index in [4.69, 9.17) is 10.8 Å². The molecule has 0 aliphatic carbocycles. The highest BCUT2D eigenvalue weighted by atomic mass is 16.4. The van der Waals surface area contributed by atoms with E-state index in [2.05, 4.69) is 10.6 Å². The van der Waals surface area contributed by atoms with Crippen LogP contribution in [0.3, 0.4) is 0 Å². The third-order valence-electron chi connectivity index (χ3n) is 5.73. The maximum absolute atomic E-state index is 12.9. The molecule has 3 amide bonds. The fourth-order valence-electron chi connectivity index (χ4n) is 3.89. The third-order valence-corrected chi connectivity index (χ3v) is 5.73. The zero-order valence-corrected chi connectivity index (χ0v) is 19.5. The van der Waals surface area contributed by atoms with Crippen molar-refractivity contribution in [3.8, 4) is 0 Å². The molecule has 4 atom stereocenters. The summed E-state index contributed by atoms with van der Waals surface area (Å²) < 4.78 is 0. The van der Waals surface area contributed by atoms with Gasteiger partial charge in [0, 0.05) is 19.4 Å². The molecule has 1 aromatic rings. The van der Waals surface area contributed by atoms with Crippen LogP contribution in [0.1, 0.15) is 37.7 Å². The smallest absolute Gasteiger partial charge is 0.326 e. The molecule has 196 valence electrons. The summed E-state index contributed by atoms with van der Waals surface area (Å²) in [4.78, 5) is 73.3. The number of carboxylic acids is 3. The van der Waals surface area contributed by atoms with Crippen molar-refractivity contribution in [2.45, 2.75) is 62.7 Å². The molecular formula is C23H30N4O9. The van der Waals surface area contributed by atoms with Crippen LogP contribution in [0.5, 0.6) is 0 Å². The zero-order chi connectivity index (χ0) is 26.8. The van der Waals surface area contributed by atoms with Crippen LogP contribution in [0.15, 0.2) is 30.3 Å². The second kappa shape index (κ2) is 13.2. The monoisotopic (exact) mass is 506 g/mol. The number of rotatable bonds is 13. The van der Waals surface area contributed by atoms with Crippen LogP contribution < -0.4 is 16.4 Å². The number of likely N-dealkylation sites (tertiary alicyclic amines) is 1. The molecule has 1 saturated heterocycles. The highest BCUT2D eigenvalue weighted by Gasteiger charge is 2.38. The number of nitrogens with zero attached hydrogens (tertiary/aromatic N) is 1. The summed E-state index contributed by atoms with van der Waals surface area (Å²) in [7, 11) is 0. The molecule has 0 spiro atoms. The molecule has 1 aromatic carbocycles. The van der Waals surface area contributed by atoms with Crippen molar-refractivity contribution >= 4 is 35.6 Å². The van der Waals surface area contributed by atoms with Gasteiger partial charge in [0.1, 0.15) is 18.1 Å². The highest BCUT2D eigenvalue weighted by molar-refractivity contribution is 5.96. The van der Waals surface area contributed by atoms with Crippen molar-refractivity contribution in [3.05, 3.63) is 35.9 Å². The standard InChI is InChI=1S/C23H30N4O9/c24-14(8-9-18(28)29)22(34)27-10-4-7-17(27)21(33)25-15(12-19(30)31)20(32)26-16(23(35)36)11-13-5-2-1-3-6-13/h1-3,5-6,14-17H,4,7-12,24H2,(H,25,33)(H,26,32)(H,28,29)(H,30,31)(H,35,36). The van der Waals surface area contributed by atoms with E-state index >= 15 is 0 Å². The largest absolute Gasteiger partial charge is 0.481 e. The first-order chi connectivity index (χ1) is 17.0.